The number of hydrogen-bond donors (Lipinski definition) is 2. The summed E-state index contributed by atoms with van der Waals surface area (Å²) in [5, 5.41) is 13.2. The lowest BCUT2D eigenvalue weighted by Crippen LogP contribution is -2.16. The lowest BCUT2D eigenvalue weighted by molar-refractivity contribution is 0.226. The number of aliphatic hydroxyl groups excluding tert-OH is 1. The van der Waals surface area contributed by atoms with Crippen LogP contribution < -0.4 is 5.73 Å². The van der Waals surface area contributed by atoms with Crippen LogP contribution in [0.1, 0.15) is 18.9 Å². The Labute approximate surface area is 114 Å². The molecule has 1 fully saturated rings. The molecular formula is C11H14N8O. The summed E-state index contributed by atoms with van der Waals surface area (Å²) in [6.07, 6.45) is 4.40. The fourth-order valence-electron chi connectivity index (χ4n) is 2.84. The van der Waals surface area contributed by atoms with Gasteiger partial charge in [-0.05, 0) is 24.3 Å². The molecule has 1 saturated carbocycles. The van der Waals surface area contributed by atoms with Gasteiger partial charge in [-0.2, -0.15) is 0 Å². The van der Waals surface area contributed by atoms with Gasteiger partial charge in [0.2, 0.25) is 0 Å². The van der Waals surface area contributed by atoms with Crippen LogP contribution in [-0.2, 0) is 0 Å². The van der Waals surface area contributed by atoms with E-state index in [1.165, 1.54) is 6.33 Å². The molecule has 0 aliphatic heterocycles. The Morgan fingerprint density at radius 3 is 3.05 bits per heavy atom. The van der Waals surface area contributed by atoms with Crippen molar-refractivity contribution in [3.05, 3.63) is 23.1 Å². The number of azide groups is 1. The average Bonchev–Trinajstić information content (AvgIpc) is 3.03. The fraction of sp³-hybridized carbons (Fsp3) is 0.545. The molecule has 9 heteroatoms. The molecule has 1 aliphatic rings. The predicted octanol–water partition coefficient (Wildman–Crippen LogP) is 1.03. The molecule has 0 aromatic carbocycles. The number of aromatic nitrogens is 4. The minimum absolute atomic E-state index is 0.0673. The summed E-state index contributed by atoms with van der Waals surface area (Å²) in [6.45, 7) is 0.0811. The Hall–Kier alpha value is -2.38. The third-order valence-corrected chi connectivity index (χ3v) is 3.80. The number of fused-ring (bicyclic) bond motifs is 1. The van der Waals surface area contributed by atoms with E-state index in [0.29, 0.717) is 23.4 Å². The van der Waals surface area contributed by atoms with E-state index in [-0.39, 0.29) is 24.6 Å². The minimum Gasteiger partial charge on any atom is -0.396 e. The Morgan fingerprint density at radius 1 is 1.45 bits per heavy atom. The van der Waals surface area contributed by atoms with Crippen LogP contribution in [0, 0.1) is 5.92 Å². The highest BCUT2D eigenvalue weighted by Crippen LogP contribution is 2.38. The van der Waals surface area contributed by atoms with Gasteiger partial charge in [0.1, 0.15) is 11.8 Å². The van der Waals surface area contributed by atoms with E-state index in [1.807, 2.05) is 4.57 Å². The SMILES string of the molecule is [N-]=[N+]=N[C@H]1C[C@H](CO)C[C@@H]1n1cnc2c(N)ncnc21. The van der Waals surface area contributed by atoms with Gasteiger partial charge in [0.05, 0.1) is 12.4 Å². The maximum atomic E-state index is 9.32. The summed E-state index contributed by atoms with van der Waals surface area (Å²) in [5.74, 6) is 0.443. The molecule has 0 amide bonds. The molecule has 3 atom stereocenters. The molecule has 3 N–H and O–H groups in total. The maximum absolute atomic E-state index is 9.32. The van der Waals surface area contributed by atoms with E-state index in [2.05, 4.69) is 25.0 Å². The first-order valence-corrected chi connectivity index (χ1v) is 6.32. The molecule has 2 heterocycles. The normalized spacial score (nSPS) is 25.8. The number of aliphatic hydroxyl groups is 1. The highest BCUT2D eigenvalue weighted by Gasteiger charge is 2.35. The van der Waals surface area contributed by atoms with Crippen molar-refractivity contribution in [1.29, 1.82) is 0 Å². The van der Waals surface area contributed by atoms with Gasteiger partial charge in [0.25, 0.3) is 0 Å². The van der Waals surface area contributed by atoms with Crippen molar-refractivity contribution in [2.24, 2.45) is 11.0 Å². The van der Waals surface area contributed by atoms with Gasteiger partial charge in [0.15, 0.2) is 11.5 Å². The summed E-state index contributed by atoms with van der Waals surface area (Å²) >= 11 is 0. The summed E-state index contributed by atoms with van der Waals surface area (Å²) in [7, 11) is 0. The maximum Gasteiger partial charge on any atom is 0.165 e. The highest BCUT2D eigenvalue weighted by atomic mass is 16.3. The molecule has 2 aromatic rings. The number of nitrogens with zero attached hydrogens (tertiary/aromatic N) is 7. The molecule has 1 aliphatic carbocycles. The lowest BCUT2D eigenvalue weighted by Gasteiger charge is -2.16. The van der Waals surface area contributed by atoms with Crippen LogP contribution >= 0.6 is 0 Å². The molecule has 9 nitrogen and oxygen atoms in total. The van der Waals surface area contributed by atoms with Crippen LogP contribution in [0.5, 0.6) is 0 Å². The monoisotopic (exact) mass is 274 g/mol. The van der Waals surface area contributed by atoms with E-state index in [1.54, 1.807) is 6.33 Å². The quantitative estimate of drug-likeness (QED) is 0.489. The second kappa shape index (κ2) is 4.95. The number of anilines is 1. The van der Waals surface area contributed by atoms with Crippen molar-refractivity contribution in [2.75, 3.05) is 12.3 Å². The first kappa shape index (κ1) is 12.6. The second-order valence-electron chi connectivity index (χ2n) is 4.94. The van der Waals surface area contributed by atoms with Crippen LogP contribution in [-0.4, -0.2) is 37.3 Å². The molecule has 0 spiro atoms. The van der Waals surface area contributed by atoms with Crippen molar-refractivity contribution in [3.8, 4) is 0 Å². The smallest absolute Gasteiger partial charge is 0.165 e. The highest BCUT2D eigenvalue weighted by molar-refractivity contribution is 5.81. The van der Waals surface area contributed by atoms with Gasteiger partial charge in [-0.25, -0.2) is 15.0 Å². The first-order chi connectivity index (χ1) is 9.74. The summed E-state index contributed by atoms with van der Waals surface area (Å²) < 4.78 is 1.86. The largest absolute Gasteiger partial charge is 0.396 e. The number of nitrogen functional groups attached to an aromatic ring is 1. The Balaban J connectivity index is 2.05. The van der Waals surface area contributed by atoms with E-state index >= 15 is 0 Å². The van der Waals surface area contributed by atoms with Gasteiger partial charge in [0, 0.05) is 17.6 Å². The Bertz CT molecular complexity index is 676. The van der Waals surface area contributed by atoms with Crippen LogP contribution in [0.2, 0.25) is 0 Å². The zero-order valence-corrected chi connectivity index (χ0v) is 10.7. The van der Waals surface area contributed by atoms with Crippen molar-refractivity contribution in [1.82, 2.24) is 19.5 Å². The molecule has 0 unspecified atom stereocenters. The lowest BCUT2D eigenvalue weighted by atomic mass is 10.1. The molecule has 20 heavy (non-hydrogen) atoms. The van der Waals surface area contributed by atoms with Crippen LogP contribution in [0.3, 0.4) is 0 Å². The van der Waals surface area contributed by atoms with Gasteiger partial charge < -0.3 is 15.4 Å². The fourth-order valence-corrected chi connectivity index (χ4v) is 2.84. The minimum atomic E-state index is -0.217. The second-order valence-corrected chi connectivity index (χ2v) is 4.94. The first-order valence-electron chi connectivity index (χ1n) is 6.32. The van der Waals surface area contributed by atoms with E-state index in [4.69, 9.17) is 11.3 Å². The van der Waals surface area contributed by atoms with Gasteiger partial charge in [-0.1, -0.05) is 5.11 Å². The molecule has 2 aromatic heterocycles. The van der Waals surface area contributed by atoms with Crippen LogP contribution in [0.15, 0.2) is 17.8 Å². The zero-order valence-electron chi connectivity index (χ0n) is 10.7. The van der Waals surface area contributed by atoms with Crippen molar-refractivity contribution in [3.63, 3.8) is 0 Å². The van der Waals surface area contributed by atoms with Crippen molar-refractivity contribution < 1.29 is 5.11 Å². The Morgan fingerprint density at radius 2 is 2.30 bits per heavy atom. The van der Waals surface area contributed by atoms with E-state index in [9.17, 15) is 5.11 Å². The molecular weight excluding hydrogens is 260 g/mol. The topological polar surface area (TPSA) is 139 Å². The number of imidazole rings is 1. The molecule has 0 bridgehead atoms. The van der Waals surface area contributed by atoms with Gasteiger partial charge in [-0.3, -0.25) is 0 Å². The Kier molecular flexibility index (Phi) is 3.13. The van der Waals surface area contributed by atoms with Crippen LogP contribution in [0.4, 0.5) is 5.82 Å². The van der Waals surface area contributed by atoms with Gasteiger partial charge in [-0.15, -0.1) is 0 Å². The van der Waals surface area contributed by atoms with E-state index in [0.717, 1.165) is 6.42 Å². The standard InChI is InChI=1S/C11H14N8O/c12-10-9-11(15-4-14-10)19(5-16-9)8-2-6(3-20)1-7(8)17-18-13/h4-8,20H,1-3H2,(H2,12,14,15)/t6-,7-,8-/m0/s1. The summed E-state index contributed by atoms with van der Waals surface area (Å²) in [4.78, 5) is 15.2. The molecule has 0 saturated heterocycles. The van der Waals surface area contributed by atoms with E-state index < -0.39 is 0 Å². The molecule has 3 rings (SSSR count). The zero-order chi connectivity index (χ0) is 14.1. The van der Waals surface area contributed by atoms with Gasteiger partial charge >= 0.3 is 0 Å². The van der Waals surface area contributed by atoms with Crippen molar-refractivity contribution in [2.45, 2.75) is 24.9 Å². The van der Waals surface area contributed by atoms with Crippen molar-refractivity contribution >= 4 is 17.0 Å². The summed E-state index contributed by atoms with van der Waals surface area (Å²) in [6, 6.07) is -0.284. The summed E-state index contributed by atoms with van der Waals surface area (Å²) in [5.41, 5.74) is 15.6. The van der Waals surface area contributed by atoms with Crippen LogP contribution in [0.25, 0.3) is 21.6 Å². The number of nitrogens with two attached hydrogens (primary N) is 1. The molecule has 104 valence electrons. The predicted molar refractivity (Wildman–Crippen MR) is 71.5 cm³/mol. The number of hydrogen-bond acceptors (Lipinski definition) is 6. The average molecular weight is 274 g/mol. The number of rotatable bonds is 3. The third kappa shape index (κ3) is 1.93. The third-order valence-electron chi connectivity index (χ3n) is 3.80. The molecule has 0 radical (unpaired) electrons.